The minimum Gasteiger partial charge on any atom is -0.444 e. The van der Waals surface area contributed by atoms with E-state index in [0.29, 0.717) is 44.0 Å². The van der Waals surface area contributed by atoms with Crippen LogP contribution in [0.15, 0.2) is 178 Å². The fourth-order valence-electron chi connectivity index (χ4n) is 9.27. The van der Waals surface area contributed by atoms with Crippen LogP contribution in [0, 0.1) is 40.0 Å². The second-order valence-electron chi connectivity index (χ2n) is 23.1. The number of benzene rings is 7. The Morgan fingerprint density at radius 1 is 0.474 bits per heavy atom. The van der Waals surface area contributed by atoms with Gasteiger partial charge >= 0.3 is 6.03 Å². The molecule has 0 aliphatic rings. The number of nitrogens with zero attached hydrogens (tertiary/aromatic N) is 1. The lowest BCUT2D eigenvalue weighted by molar-refractivity contribution is -0.129. The van der Waals surface area contributed by atoms with Gasteiger partial charge in [-0.3, -0.25) is 44.8 Å². The molecule has 0 aliphatic heterocycles. The Kier molecular flexibility index (Phi) is 27.3. The van der Waals surface area contributed by atoms with Crippen molar-refractivity contribution in [3.05, 3.63) is 237 Å². The van der Waals surface area contributed by atoms with Crippen LogP contribution in [0.1, 0.15) is 164 Å². The Morgan fingerprint density at radius 3 is 1.35 bits per heavy atom. The zero-order valence-corrected chi connectivity index (χ0v) is 56.1. The summed E-state index contributed by atoms with van der Waals surface area (Å²) in [6.45, 7) is 22.1. The summed E-state index contributed by atoms with van der Waals surface area (Å²) in [7, 11) is -7.43. The van der Waals surface area contributed by atoms with E-state index in [1.54, 1.807) is 135 Å². The molecule has 3 unspecified atom stereocenters. The van der Waals surface area contributed by atoms with Crippen LogP contribution in [0.5, 0.6) is 0 Å². The smallest absolute Gasteiger partial charge is 0.319 e. The van der Waals surface area contributed by atoms with Crippen LogP contribution in [0.3, 0.4) is 0 Å². The lowest BCUT2D eigenvalue weighted by Gasteiger charge is -2.22. The largest absolute Gasteiger partial charge is 0.444 e. The molecule has 1 aromatic heterocycles. The maximum Gasteiger partial charge on any atom is 0.319 e. The van der Waals surface area contributed by atoms with Crippen molar-refractivity contribution in [2.45, 2.75) is 117 Å². The van der Waals surface area contributed by atoms with Crippen molar-refractivity contribution in [2.75, 3.05) is 5.32 Å². The van der Waals surface area contributed by atoms with Crippen LogP contribution in [-0.2, 0) is 24.8 Å². The van der Waals surface area contributed by atoms with Gasteiger partial charge in [0.1, 0.15) is 0 Å². The first-order valence-corrected chi connectivity index (χ1v) is 32.4. The third-order valence-corrected chi connectivity index (χ3v) is 18.1. The highest BCUT2D eigenvalue weighted by Gasteiger charge is 2.25. The average Bonchev–Trinajstić information content (AvgIpc) is 0.903. The quantitative estimate of drug-likeness (QED) is 0.0280. The van der Waals surface area contributed by atoms with Gasteiger partial charge in [-0.1, -0.05) is 99.1 Å². The number of anilines is 1. The van der Waals surface area contributed by atoms with Crippen molar-refractivity contribution in [2.24, 2.45) is 5.41 Å². The van der Waals surface area contributed by atoms with Gasteiger partial charge in [-0.25, -0.2) is 58.0 Å². The molecule has 95 heavy (non-hydrogen) atoms. The Hall–Kier alpha value is -9.97. The van der Waals surface area contributed by atoms with E-state index < -0.39 is 61.2 Å². The maximum atomic E-state index is 12.8. The van der Waals surface area contributed by atoms with Gasteiger partial charge in [-0.15, -0.1) is 0 Å². The number of aromatic nitrogens is 1. The Morgan fingerprint density at radius 2 is 0.905 bits per heavy atom. The van der Waals surface area contributed by atoms with Crippen LogP contribution in [0.4, 0.5) is 10.5 Å². The standard InChI is InChI=1S/C18H17N3O5S.C18H21N3O3.C18H22N2O4S.C14H20N2O3/c1-12(13-2-4-15(5-3-13)18(22)20-23)21-27(24,25)16-8-6-14(7-9-16)17-10-19-11-26-17;1-11-5-4-6-16(12(11)2)20-18(23)19-13(3)14-7-9-15(10-8-14)17(22)21-24;1-11-9-12(2)17(13(3)10-11)25(23,24)20-14(4)15-5-7-16(8-6-15)18(21)19-22;1-9(15-13(18)14(2,3)4)10-6-5-7-11(8-10)12(17)16-19/h2-12,21,23H,1H3,(H,20,22);4-10,13,24H,1-3H3,(H,21,22)(H2,19,20,23);5-10,14,20,22H,1-4H3,(H,19,21);5-9,19H,1-4H3,(H,15,18)(H,16,17)/t;;;9-/m...1/s1. The summed E-state index contributed by atoms with van der Waals surface area (Å²) in [5.41, 5.74) is 16.1. The number of nitrogens with one attached hydrogen (secondary N) is 9. The van der Waals surface area contributed by atoms with Crippen molar-refractivity contribution in [1.29, 1.82) is 0 Å². The zero-order valence-electron chi connectivity index (χ0n) is 54.4. The van der Waals surface area contributed by atoms with E-state index in [2.05, 4.69) is 30.4 Å². The highest BCUT2D eigenvalue weighted by atomic mass is 32.2. The molecule has 0 radical (unpaired) electrons. The molecular weight excluding hydrogens is 1260 g/mol. The highest BCUT2D eigenvalue weighted by Crippen LogP contribution is 2.27. The van der Waals surface area contributed by atoms with Gasteiger partial charge in [-0.2, -0.15) is 0 Å². The van der Waals surface area contributed by atoms with E-state index in [1.807, 2.05) is 91.8 Å². The van der Waals surface area contributed by atoms with Crippen LogP contribution in [-0.4, -0.2) is 78.2 Å². The average molecular weight is 1340 g/mol. The van der Waals surface area contributed by atoms with E-state index in [4.69, 9.17) is 25.2 Å². The van der Waals surface area contributed by atoms with Gasteiger partial charge in [-0.05, 0) is 186 Å². The van der Waals surface area contributed by atoms with Crippen molar-refractivity contribution in [3.63, 3.8) is 0 Å². The van der Waals surface area contributed by atoms with E-state index in [1.165, 1.54) is 42.8 Å². The topological polar surface area (TPSA) is 386 Å². The van der Waals surface area contributed by atoms with Gasteiger partial charge in [0.05, 0.1) is 28.1 Å². The van der Waals surface area contributed by atoms with E-state index >= 15 is 0 Å². The highest BCUT2D eigenvalue weighted by molar-refractivity contribution is 7.89. The fraction of sp³-hybridized carbons (Fsp3) is 0.250. The van der Waals surface area contributed by atoms with Gasteiger partial charge in [0.2, 0.25) is 26.0 Å². The van der Waals surface area contributed by atoms with Crippen molar-refractivity contribution >= 4 is 61.3 Å². The minimum atomic E-state index is -3.74. The van der Waals surface area contributed by atoms with E-state index in [-0.39, 0.29) is 40.0 Å². The fourth-order valence-corrected chi connectivity index (χ4v) is 12.2. The number of hydrogen-bond donors (Lipinski definition) is 13. The van der Waals surface area contributed by atoms with E-state index in [9.17, 15) is 45.6 Å². The van der Waals surface area contributed by atoms with Crippen LogP contribution >= 0.6 is 0 Å². The molecule has 0 bridgehead atoms. The number of hydrogen-bond acceptors (Lipinski definition) is 16. The van der Waals surface area contributed by atoms with Gasteiger partial charge in [0.15, 0.2) is 12.2 Å². The number of rotatable bonds is 18. The molecule has 0 saturated heterocycles. The molecule has 0 fully saturated rings. The molecule has 504 valence electrons. The second-order valence-corrected chi connectivity index (χ2v) is 26.4. The predicted molar refractivity (Wildman–Crippen MR) is 355 cm³/mol. The Bertz CT molecular complexity index is 4160. The number of hydroxylamine groups is 4. The molecule has 13 N–H and O–H groups in total. The van der Waals surface area contributed by atoms with Crippen LogP contribution in [0.25, 0.3) is 11.3 Å². The van der Waals surface area contributed by atoms with Crippen molar-refractivity contribution in [3.8, 4) is 11.3 Å². The lowest BCUT2D eigenvalue weighted by atomic mass is 9.94. The van der Waals surface area contributed by atoms with Crippen molar-refractivity contribution < 1.29 is 70.8 Å². The SMILES string of the molecule is CC(NS(=O)(=O)c1ccc(-c2cnco2)cc1)c1ccc(C(=O)NO)cc1.C[C@@H](NC(=O)C(C)(C)C)c1cccc(C(=O)NO)c1.Cc1cc(C)c(S(=O)(=O)NC(C)c2ccc(C(=O)NO)cc2)c(C)c1.Cc1cccc(NC(=O)NC(C)c2ccc(C(=O)NO)cc2)c1C. The van der Waals surface area contributed by atoms with Crippen LogP contribution < -0.4 is 47.3 Å². The monoisotopic (exact) mass is 1340 g/mol. The Balaban J connectivity index is 0.000000231. The van der Waals surface area contributed by atoms with Gasteiger partial charge in [0, 0.05) is 51.0 Å². The number of urea groups is 1. The number of amides is 7. The van der Waals surface area contributed by atoms with Crippen LogP contribution in [0.2, 0.25) is 0 Å². The minimum absolute atomic E-state index is 0.0583. The summed E-state index contributed by atoms with van der Waals surface area (Å²) in [5.74, 6) is -1.91. The number of aryl methyl sites for hydroxylation is 4. The maximum absolute atomic E-state index is 12.8. The van der Waals surface area contributed by atoms with Gasteiger partial charge < -0.3 is 20.4 Å². The summed E-state index contributed by atoms with van der Waals surface area (Å²) in [5, 5.41) is 43.0. The molecule has 1 heterocycles. The molecule has 0 spiro atoms. The summed E-state index contributed by atoms with van der Waals surface area (Å²) in [4.78, 5) is 73.6. The number of sulfonamides is 2. The predicted octanol–water partition coefficient (Wildman–Crippen LogP) is 10.6. The first-order chi connectivity index (χ1) is 44.7. The second kappa shape index (κ2) is 34.3. The molecule has 0 saturated carbocycles. The Labute approximate surface area is 552 Å². The summed E-state index contributed by atoms with van der Waals surface area (Å²) >= 11 is 0. The van der Waals surface area contributed by atoms with Gasteiger partial charge in [0.25, 0.3) is 23.6 Å². The number of carbonyl (C=O) groups excluding carboxylic acids is 6. The third-order valence-electron chi connectivity index (χ3n) is 14.7. The van der Waals surface area contributed by atoms with E-state index in [0.717, 1.165) is 39.1 Å². The molecular formula is C68H80N10O15S2. The first-order valence-electron chi connectivity index (χ1n) is 29.5. The zero-order chi connectivity index (χ0) is 70.5. The normalized spacial score (nSPS) is 12.3. The summed E-state index contributed by atoms with van der Waals surface area (Å²) < 4.78 is 61.2. The number of oxazole rings is 1. The molecule has 8 rings (SSSR count). The molecule has 8 aromatic rings. The number of carbonyl (C=O) groups is 6. The molecule has 27 heteroatoms. The first kappa shape index (κ1) is 75.7. The molecule has 25 nitrogen and oxygen atoms in total. The molecule has 4 atom stereocenters. The molecule has 7 aromatic carbocycles. The molecule has 7 amide bonds. The lowest BCUT2D eigenvalue weighted by Crippen LogP contribution is -2.36. The third kappa shape index (κ3) is 21.8. The molecule has 0 aliphatic carbocycles. The summed E-state index contributed by atoms with van der Waals surface area (Å²) in [6, 6.07) is 39.9. The summed E-state index contributed by atoms with van der Waals surface area (Å²) in [6.07, 6.45) is 2.85. The van der Waals surface area contributed by atoms with Crippen molar-refractivity contribution in [1.82, 2.24) is 47.0 Å².